The Kier molecular flexibility index (Phi) is 9.71. The van der Waals surface area contributed by atoms with Gasteiger partial charge in [-0.2, -0.15) is 0 Å². The second-order valence-corrected chi connectivity index (χ2v) is 15.0. The number of nitrogens with one attached hydrogen (secondary N) is 1. The number of anilines is 1. The highest BCUT2D eigenvalue weighted by Crippen LogP contribution is 2.45. The van der Waals surface area contributed by atoms with Crippen molar-refractivity contribution in [2.75, 3.05) is 51.3 Å². The van der Waals surface area contributed by atoms with E-state index in [-0.39, 0.29) is 58.0 Å². The first-order chi connectivity index (χ1) is 22.5. The minimum atomic E-state index is -0.507. The van der Waals surface area contributed by atoms with Gasteiger partial charge in [0, 0.05) is 49.8 Å². The maximum Gasteiger partial charge on any atom is 0.282 e. The lowest BCUT2D eigenvalue weighted by Crippen LogP contribution is -2.61. The summed E-state index contributed by atoms with van der Waals surface area (Å²) >= 11 is 0. The number of ether oxygens (including phenoxy) is 2. The molecule has 6 rings (SSSR count). The van der Waals surface area contributed by atoms with Gasteiger partial charge in [-0.15, -0.1) is 10.2 Å². The molecule has 3 saturated heterocycles. The van der Waals surface area contributed by atoms with Crippen molar-refractivity contribution in [1.82, 2.24) is 30.3 Å². The molecule has 1 aromatic carbocycles. The molecule has 2 aromatic rings. The van der Waals surface area contributed by atoms with Crippen molar-refractivity contribution in [3.05, 3.63) is 35.9 Å². The third kappa shape index (κ3) is 7.09. The summed E-state index contributed by atoms with van der Waals surface area (Å²) in [4.78, 5) is 37.0. The van der Waals surface area contributed by atoms with Crippen LogP contribution in [0.2, 0.25) is 0 Å². The topological polar surface area (TPSA) is 113 Å². The van der Waals surface area contributed by atoms with Crippen LogP contribution in [0.1, 0.15) is 83.0 Å². The molecule has 3 aliphatic heterocycles. The van der Waals surface area contributed by atoms with Gasteiger partial charge in [0.15, 0.2) is 5.82 Å². The molecule has 47 heavy (non-hydrogen) atoms. The van der Waals surface area contributed by atoms with Crippen molar-refractivity contribution < 1.29 is 23.5 Å². The van der Waals surface area contributed by atoms with E-state index in [2.05, 4.69) is 30.3 Å². The zero-order valence-corrected chi connectivity index (χ0v) is 28.5. The molecule has 1 atom stereocenters. The number of nitrogens with zero attached hydrogens (tertiary/aromatic N) is 6. The molecular weight excluding hydrogens is 601 g/mol. The van der Waals surface area contributed by atoms with E-state index in [4.69, 9.17) is 9.47 Å². The molecule has 11 nitrogen and oxygen atoms in total. The van der Waals surface area contributed by atoms with Gasteiger partial charge in [-0.1, -0.05) is 0 Å². The number of hydrogen-bond donors (Lipinski definition) is 1. The maximum atomic E-state index is 14.4. The number of methoxy groups -OCH3 is 1. The minimum Gasteiger partial charge on any atom is -0.434 e. The van der Waals surface area contributed by atoms with Gasteiger partial charge in [0.2, 0.25) is 5.91 Å². The van der Waals surface area contributed by atoms with Crippen LogP contribution in [0.4, 0.5) is 10.2 Å². The summed E-state index contributed by atoms with van der Waals surface area (Å²) in [5.74, 6) is 1.05. The van der Waals surface area contributed by atoms with E-state index in [0.717, 1.165) is 77.7 Å². The summed E-state index contributed by atoms with van der Waals surface area (Å²) in [6.07, 6.45) is 9.02. The van der Waals surface area contributed by atoms with Crippen LogP contribution in [0.25, 0.3) is 0 Å². The van der Waals surface area contributed by atoms with Crippen LogP contribution in [-0.4, -0.2) is 101 Å². The Morgan fingerprint density at radius 3 is 2.47 bits per heavy atom. The highest BCUT2D eigenvalue weighted by Gasteiger charge is 2.48. The van der Waals surface area contributed by atoms with Crippen molar-refractivity contribution in [2.24, 2.45) is 17.3 Å². The van der Waals surface area contributed by atoms with Gasteiger partial charge >= 0.3 is 0 Å². The Hall–Kier alpha value is -3.38. The second kappa shape index (κ2) is 13.6. The monoisotopic (exact) mass is 651 g/mol. The second-order valence-electron chi connectivity index (χ2n) is 15.0. The lowest BCUT2D eigenvalue weighted by molar-refractivity contribution is -0.124. The van der Waals surface area contributed by atoms with Gasteiger partial charge in [-0.05, 0) is 110 Å². The quantitative estimate of drug-likeness (QED) is 0.392. The zero-order chi connectivity index (χ0) is 33.3. The molecular formula is C35H50FN7O4. The molecule has 1 aromatic heterocycles. The molecule has 256 valence electrons. The Morgan fingerprint density at radius 1 is 1.11 bits per heavy atom. The number of hydrogen-bond acceptors (Lipinski definition) is 9. The van der Waals surface area contributed by atoms with Crippen molar-refractivity contribution in [1.29, 1.82) is 0 Å². The number of carbonyl (C=O) groups excluding carboxylic acids is 2. The molecule has 2 amide bonds. The fourth-order valence-electron chi connectivity index (χ4n) is 8.47. The number of rotatable bonds is 10. The number of benzene rings is 1. The Balaban J connectivity index is 1.03. The van der Waals surface area contributed by atoms with Gasteiger partial charge in [-0.25, -0.2) is 9.37 Å². The molecule has 0 radical (unpaired) electrons. The molecule has 4 aliphatic rings. The van der Waals surface area contributed by atoms with Gasteiger partial charge in [0.25, 0.3) is 11.8 Å². The minimum absolute atomic E-state index is 0.00683. The number of aromatic nitrogens is 3. The lowest BCUT2D eigenvalue weighted by atomic mass is 9.71. The van der Waals surface area contributed by atoms with Crippen LogP contribution in [0.3, 0.4) is 0 Å². The largest absolute Gasteiger partial charge is 0.434 e. The van der Waals surface area contributed by atoms with Gasteiger partial charge in [0.1, 0.15) is 17.9 Å². The molecule has 0 bridgehead atoms. The third-order valence-corrected chi connectivity index (χ3v) is 10.9. The molecule has 1 aliphatic carbocycles. The summed E-state index contributed by atoms with van der Waals surface area (Å²) < 4.78 is 25.8. The maximum absolute atomic E-state index is 14.4. The van der Waals surface area contributed by atoms with E-state index in [1.54, 1.807) is 12.0 Å². The first kappa shape index (κ1) is 33.5. The summed E-state index contributed by atoms with van der Waals surface area (Å²) in [5.41, 5.74) is 0.353. The Labute approximate surface area is 277 Å². The number of likely N-dealkylation sites (tertiary alicyclic amines) is 1. The predicted octanol–water partition coefficient (Wildman–Crippen LogP) is 4.68. The fraction of sp³-hybridized carbons (Fsp3) is 0.686. The fourth-order valence-corrected chi connectivity index (χ4v) is 8.47. The van der Waals surface area contributed by atoms with Crippen LogP contribution in [0.5, 0.6) is 11.6 Å². The summed E-state index contributed by atoms with van der Waals surface area (Å²) in [5, 5.41) is 11.5. The molecule has 1 N–H and O–H groups in total. The van der Waals surface area contributed by atoms with Crippen molar-refractivity contribution in [3.63, 3.8) is 0 Å². The van der Waals surface area contributed by atoms with E-state index in [1.807, 2.05) is 27.7 Å². The standard InChI is InChI=1S/C35H50FN7O4/c1-23(2)43(24(3)4)33(45)28-16-27(36)6-7-29(28)47-32-30(37-22-38-40-32)42-20-34(21-42)12-14-41(15-13-34)18-25-8-10-35(11-9-25)17-26(19-46-5)31(44)39-35/h6-7,16,22-26H,8-15,17-21H2,1-5H3,(H,39,44)/t25-,26-,35-/m0/s1. The first-order valence-corrected chi connectivity index (χ1v) is 17.3. The number of carbonyl (C=O) groups is 2. The lowest BCUT2D eigenvalue weighted by Gasteiger charge is -2.54. The van der Waals surface area contributed by atoms with Crippen molar-refractivity contribution in [2.45, 2.75) is 90.3 Å². The predicted molar refractivity (Wildman–Crippen MR) is 176 cm³/mol. The SMILES string of the molecule is COC[C@@H]1C[C@]2(CC[C@@H](CN3CCC4(CC3)CN(c3ncnnc3Oc3ccc(F)cc3C(=O)N(C(C)C)C(C)C)C4)CC2)NC1=O. The average molecular weight is 652 g/mol. The number of amides is 2. The van der Waals surface area contributed by atoms with Crippen molar-refractivity contribution in [3.8, 4) is 11.6 Å². The summed E-state index contributed by atoms with van der Waals surface area (Å²) in [7, 11) is 1.67. The van der Waals surface area contributed by atoms with E-state index in [0.29, 0.717) is 18.3 Å². The van der Waals surface area contributed by atoms with Gasteiger partial charge in [0.05, 0.1) is 18.1 Å². The van der Waals surface area contributed by atoms with Gasteiger partial charge in [-0.3, -0.25) is 9.59 Å². The molecule has 1 saturated carbocycles. The van der Waals surface area contributed by atoms with Crippen LogP contribution in [0.15, 0.2) is 24.5 Å². The molecule has 4 heterocycles. The first-order valence-electron chi connectivity index (χ1n) is 17.3. The summed E-state index contributed by atoms with van der Waals surface area (Å²) in [6, 6.07) is 3.85. The highest BCUT2D eigenvalue weighted by molar-refractivity contribution is 5.97. The van der Waals surface area contributed by atoms with Crippen LogP contribution >= 0.6 is 0 Å². The average Bonchev–Trinajstić information content (AvgIpc) is 3.32. The van der Waals surface area contributed by atoms with Crippen LogP contribution in [0, 0.1) is 23.1 Å². The summed E-state index contributed by atoms with van der Waals surface area (Å²) in [6.45, 7) is 13.3. The molecule has 4 fully saturated rings. The smallest absolute Gasteiger partial charge is 0.282 e. The third-order valence-electron chi connectivity index (χ3n) is 10.9. The highest BCUT2D eigenvalue weighted by atomic mass is 19.1. The Bertz CT molecular complexity index is 1420. The molecule has 12 heteroatoms. The number of piperidine rings is 1. The van der Waals surface area contributed by atoms with Crippen LogP contribution < -0.4 is 15.0 Å². The van der Waals surface area contributed by atoms with E-state index >= 15 is 0 Å². The van der Waals surface area contributed by atoms with Gasteiger partial charge < -0.3 is 29.5 Å². The van der Waals surface area contributed by atoms with Crippen LogP contribution in [-0.2, 0) is 9.53 Å². The normalized spacial score (nSPS) is 25.8. The molecule has 0 unspecified atom stereocenters. The van der Waals surface area contributed by atoms with Crippen molar-refractivity contribution >= 4 is 17.6 Å². The molecule has 2 spiro atoms. The van der Waals surface area contributed by atoms with E-state index in [9.17, 15) is 14.0 Å². The Morgan fingerprint density at radius 2 is 1.81 bits per heavy atom. The van der Waals surface area contributed by atoms with E-state index in [1.165, 1.54) is 24.5 Å². The number of halogens is 1. The van der Waals surface area contributed by atoms with E-state index < -0.39 is 5.82 Å². The zero-order valence-electron chi connectivity index (χ0n) is 28.5.